The van der Waals surface area contributed by atoms with E-state index in [9.17, 15) is 5.11 Å². The number of nitrogens with one attached hydrogen (secondary N) is 1. The van der Waals surface area contributed by atoms with Gasteiger partial charge in [-0.25, -0.2) is 0 Å². The molecule has 0 aliphatic carbocycles. The molecule has 14 heavy (non-hydrogen) atoms. The summed E-state index contributed by atoms with van der Waals surface area (Å²) in [5.74, 6) is 0. The van der Waals surface area contributed by atoms with Crippen molar-refractivity contribution in [1.29, 1.82) is 0 Å². The molecule has 0 aliphatic rings. The first-order valence-corrected chi connectivity index (χ1v) is 5.61. The minimum atomic E-state index is -0.381. The third-order valence-corrected chi connectivity index (χ3v) is 2.30. The van der Waals surface area contributed by atoms with Crippen LogP contribution in [0.25, 0.3) is 0 Å². The maximum Gasteiger partial charge on any atom is 0.0897 e. The standard InChI is InChI=1S/C11H25NO2/c1-4-5-6-7-10(2)12-8-11(13)9-14-3/h10-13H,4-9H2,1-3H3. The second-order valence-corrected chi connectivity index (χ2v) is 3.91. The highest BCUT2D eigenvalue weighted by atomic mass is 16.5. The quantitative estimate of drug-likeness (QED) is 0.559. The van der Waals surface area contributed by atoms with Crippen molar-refractivity contribution in [3.8, 4) is 0 Å². The summed E-state index contributed by atoms with van der Waals surface area (Å²) in [7, 11) is 1.61. The molecule has 0 aromatic carbocycles. The molecule has 0 fully saturated rings. The Morgan fingerprint density at radius 1 is 1.36 bits per heavy atom. The van der Waals surface area contributed by atoms with E-state index in [1.807, 2.05) is 0 Å². The molecule has 2 unspecified atom stereocenters. The number of ether oxygens (including phenoxy) is 1. The molecule has 3 heteroatoms. The van der Waals surface area contributed by atoms with Crippen molar-refractivity contribution >= 4 is 0 Å². The minimum Gasteiger partial charge on any atom is -0.389 e. The normalized spacial score (nSPS) is 15.4. The Labute approximate surface area is 87.8 Å². The molecule has 0 bridgehead atoms. The predicted molar refractivity (Wildman–Crippen MR) is 59.5 cm³/mol. The molecule has 0 saturated carbocycles. The van der Waals surface area contributed by atoms with Crippen LogP contribution in [0.4, 0.5) is 0 Å². The Hall–Kier alpha value is -0.120. The fourth-order valence-electron chi connectivity index (χ4n) is 1.39. The average Bonchev–Trinajstić information content (AvgIpc) is 2.16. The van der Waals surface area contributed by atoms with E-state index in [0.29, 0.717) is 19.2 Å². The van der Waals surface area contributed by atoms with Gasteiger partial charge in [0.25, 0.3) is 0 Å². The van der Waals surface area contributed by atoms with Gasteiger partial charge in [0.05, 0.1) is 12.7 Å². The van der Waals surface area contributed by atoms with Crippen LogP contribution in [-0.2, 0) is 4.74 Å². The number of hydrogen-bond acceptors (Lipinski definition) is 3. The highest BCUT2D eigenvalue weighted by Gasteiger charge is 2.05. The summed E-state index contributed by atoms with van der Waals surface area (Å²) >= 11 is 0. The van der Waals surface area contributed by atoms with E-state index in [0.717, 1.165) is 0 Å². The molecule has 0 aromatic rings. The molecule has 2 atom stereocenters. The molecule has 0 aromatic heterocycles. The first-order chi connectivity index (χ1) is 6.70. The van der Waals surface area contributed by atoms with Crippen molar-refractivity contribution in [3.05, 3.63) is 0 Å². The van der Waals surface area contributed by atoms with Crippen LogP contribution in [0.15, 0.2) is 0 Å². The molecule has 0 rings (SSSR count). The van der Waals surface area contributed by atoms with Gasteiger partial charge < -0.3 is 15.2 Å². The number of aliphatic hydroxyl groups excluding tert-OH is 1. The molecular formula is C11H25NO2. The van der Waals surface area contributed by atoms with E-state index in [-0.39, 0.29) is 6.10 Å². The predicted octanol–water partition coefficient (Wildman–Crippen LogP) is 1.55. The van der Waals surface area contributed by atoms with Gasteiger partial charge in [-0.1, -0.05) is 26.2 Å². The summed E-state index contributed by atoms with van der Waals surface area (Å²) in [5.41, 5.74) is 0. The van der Waals surface area contributed by atoms with Gasteiger partial charge >= 0.3 is 0 Å². The van der Waals surface area contributed by atoms with Crippen molar-refractivity contribution in [2.45, 2.75) is 51.7 Å². The summed E-state index contributed by atoms with van der Waals surface area (Å²) in [4.78, 5) is 0. The number of rotatable bonds is 9. The molecule has 0 amide bonds. The summed E-state index contributed by atoms with van der Waals surface area (Å²) in [6.45, 7) is 5.41. The molecule has 0 saturated heterocycles. The topological polar surface area (TPSA) is 41.5 Å². The molecule has 2 N–H and O–H groups in total. The zero-order valence-electron chi connectivity index (χ0n) is 9.75. The number of hydrogen-bond donors (Lipinski definition) is 2. The fraction of sp³-hybridized carbons (Fsp3) is 1.00. The molecular weight excluding hydrogens is 178 g/mol. The number of methoxy groups -OCH3 is 1. The van der Waals surface area contributed by atoms with Crippen LogP contribution in [0.1, 0.15) is 39.5 Å². The van der Waals surface area contributed by atoms with Gasteiger partial charge in [-0.15, -0.1) is 0 Å². The lowest BCUT2D eigenvalue weighted by molar-refractivity contribution is 0.0628. The zero-order valence-corrected chi connectivity index (χ0v) is 9.75. The summed E-state index contributed by atoms with van der Waals surface area (Å²) < 4.78 is 4.84. The van der Waals surface area contributed by atoms with E-state index in [4.69, 9.17) is 4.74 Å². The van der Waals surface area contributed by atoms with Gasteiger partial charge in [0.1, 0.15) is 0 Å². The minimum absolute atomic E-state index is 0.381. The van der Waals surface area contributed by atoms with Crippen LogP contribution >= 0.6 is 0 Å². The first-order valence-electron chi connectivity index (χ1n) is 5.61. The fourth-order valence-corrected chi connectivity index (χ4v) is 1.39. The average molecular weight is 203 g/mol. The monoisotopic (exact) mass is 203 g/mol. The Morgan fingerprint density at radius 3 is 2.64 bits per heavy atom. The van der Waals surface area contributed by atoms with Crippen LogP contribution in [-0.4, -0.2) is 37.5 Å². The maximum absolute atomic E-state index is 9.38. The third kappa shape index (κ3) is 8.48. The smallest absolute Gasteiger partial charge is 0.0897 e. The van der Waals surface area contributed by atoms with Crippen LogP contribution in [0.5, 0.6) is 0 Å². The highest BCUT2D eigenvalue weighted by Crippen LogP contribution is 2.02. The number of unbranched alkanes of at least 4 members (excludes halogenated alkanes) is 2. The van der Waals surface area contributed by atoms with Gasteiger partial charge in [0.2, 0.25) is 0 Å². The van der Waals surface area contributed by atoms with E-state index in [2.05, 4.69) is 19.2 Å². The van der Waals surface area contributed by atoms with E-state index in [1.165, 1.54) is 25.7 Å². The van der Waals surface area contributed by atoms with Crippen molar-refractivity contribution in [3.63, 3.8) is 0 Å². The van der Waals surface area contributed by atoms with Crippen molar-refractivity contribution in [1.82, 2.24) is 5.32 Å². The molecule has 3 nitrogen and oxygen atoms in total. The third-order valence-electron chi connectivity index (χ3n) is 2.30. The van der Waals surface area contributed by atoms with Crippen LogP contribution in [0.2, 0.25) is 0 Å². The Kier molecular flexibility index (Phi) is 9.35. The Balaban J connectivity index is 3.29. The lowest BCUT2D eigenvalue weighted by atomic mass is 10.1. The van der Waals surface area contributed by atoms with E-state index in [1.54, 1.807) is 7.11 Å². The molecule has 0 radical (unpaired) electrons. The maximum atomic E-state index is 9.38. The van der Waals surface area contributed by atoms with E-state index >= 15 is 0 Å². The van der Waals surface area contributed by atoms with Crippen LogP contribution in [0, 0.1) is 0 Å². The second kappa shape index (κ2) is 9.44. The zero-order chi connectivity index (χ0) is 10.8. The molecule has 0 aliphatic heterocycles. The van der Waals surface area contributed by atoms with Crippen LogP contribution < -0.4 is 5.32 Å². The SMILES string of the molecule is CCCCCC(C)NCC(O)COC. The van der Waals surface area contributed by atoms with E-state index < -0.39 is 0 Å². The van der Waals surface area contributed by atoms with Crippen LogP contribution in [0.3, 0.4) is 0 Å². The van der Waals surface area contributed by atoms with Crippen molar-refractivity contribution in [2.24, 2.45) is 0 Å². The number of aliphatic hydroxyl groups is 1. The Morgan fingerprint density at radius 2 is 2.07 bits per heavy atom. The van der Waals surface area contributed by atoms with Gasteiger partial charge in [-0.3, -0.25) is 0 Å². The van der Waals surface area contributed by atoms with Gasteiger partial charge in [0, 0.05) is 19.7 Å². The van der Waals surface area contributed by atoms with Gasteiger partial charge in [-0.2, -0.15) is 0 Å². The van der Waals surface area contributed by atoms with Gasteiger partial charge in [0.15, 0.2) is 0 Å². The second-order valence-electron chi connectivity index (χ2n) is 3.91. The summed E-state index contributed by atoms with van der Waals surface area (Å²) in [5, 5.41) is 12.7. The Bertz CT molecular complexity index is 120. The summed E-state index contributed by atoms with van der Waals surface area (Å²) in [6, 6.07) is 0.494. The highest BCUT2D eigenvalue weighted by molar-refractivity contribution is 4.64. The molecule has 0 heterocycles. The lowest BCUT2D eigenvalue weighted by Gasteiger charge is -2.16. The molecule has 0 spiro atoms. The van der Waals surface area contributed by atoms with Crippen molar-refractivity contribution in [2.75, 3.05) is 20.3 Å². The first kappa shape index (κ1) is 13.9. The largest absolute Gasteiger partial charge is 0.389 e. The van der Waals surface area contributed by atoms with Crippen molar-refractivity contribution < 1.29 is 9.84 Å². The summed E-state index contributed by atoms with van der Waals surface area (Å²) in [6.07, 6.45) is 4.64. The lowest BCUT2D eigenvalue weighted by Crippen LogP contribution is -2.35. The van der Waals surface area contributed by atoms with Gasteiger partial charge in [-0.05, 0) is 13.3 Å². The molecule has 86 valence electrons.